The Bertz CT molecular complexity index is 859. The summed E-state index contributed by atoms with van der Waals surface area (Å²) in [6.45, 7) is 2.01. The van der Waals surface area contributed by atoms with E-state index in [9.17, 15) is 0 Å². The molecule has 0 aliphatic rings. The first-order valence-corrected chi connectivity index (χ1v) is 7.42. The van der Waals surface area contributed by atoms with Crippen molar-refractivity contribution in [3.05, 3.63) is 66.2 Å². The number of hydrogen-bond acceptors (Lipinski definition) is 2. The molecule has 0 saturated heterocycles. The average molecular weight is 342 g/mol. The fourth-order valence-electron chi connectivity index (χ4n) is 2.55. The van der Waals surface area contributed by atoms with Crippen molar-refractivity contribution < 1.29 is 4.74 Å². The van der Waals surface area contributed by atoms with Crippen LogP contribution >= 0.6 is 12.4 Å². The van der Waals surface area contributed by atoms with Gasteiger partial charge < -0.3 is 15.4 Å². The molecule has 0 fully saturated rings. The van der Waals surface area contributed by atoms with E-state index < -0.39 is 0 Å². The quantitative estimate of drug-likeness (QED) is 0.462. The maximum Gasteiger partial charge on any atom is 0.197 e. The Morgan fingerprint density at radius 1 is 0.917 bits per heavy atom. The number of fused-ring (bicyclic) bond motifs is 1. The second kappa shape index (κ2) is 7.70. The zero-order valence-corrected chi connectivity index (χ0v) is 14.4. The van der Waals surface area contributed by atoms with E-state index in [2.05, 4.69) is 22.8 Å². The number of benzene rings is 3. The number of nitrogens with one attached hydrogen (secondary N) is 3. The smallest absolute Gasteiger partial charge is 0.197 e. The fourth-order valence-corrected chi connectivity index (χ4v) is 2.55. The normalized spacial score (nSPS) is 9.92. The summed E-state index contributed by atoms with van der Waals surface area (Å²) in [5, 5.41) is 16.6. The third-order valence-corrected chi connectivity index (χ3v) is 3.66. The second-order valence-electron chi connectivity index (χ2n) is 5.36. The molecule has 0 heterocycles. The Balaban J connectivity index is 0.00000208. The SMILES string of the molecule is COc1ccc(C)cc1NC(=N)Nc1cccc2ccccc12.Cl. The Morgan fingerprint density at radius 2 is 1.62 bits per heavy atom. The molecule has 4 nitrogen and oxygen atoms in total. The van der Waals surface area contributed by atoms with Crippen molar-refractivity contribution >= 4 is 40.5 Å². The molecule has 0 aliphatic heterocycles. The zero-order valence-electron chi connectivity index (χ0n) is 13.6. The van der Waals surface area contributed by atoms with Gasteiger partial charge in [0.05, 0.1) is 12.8 Å². The van der Waals surface area contributed by atoms with Gasteiger partial charge in [-0.2, -0.15) is 0 Å². The molecule has 24 heavy (non-hydrogen) atoms. The van der Waals surface area contributed by atoms with Crippen LogP contribution in [0.25, 0.3) is 10.8 Å². The van der Waals surface area contributed by atoms with Crippen LogP contribution in [-0.2, 0) is 0 Å². The van der Waals surface area contributed by atoms with Crippen LogP contribution in [0.2, 0.25) is 0 Å². The van der Waals surface area contributed by atoms with Crippen LogP contribution in [0.4, 0.5) is 11.4 Å². The molecule has 0 spiro atoms. The van der Waals surface area contributed by atoms with Gasteiger partial charge in [-0.05, 0) is 36.1 Å². The lowest BCUT2D eigenvalue weighted by Crippen LogP contribution is -2.21. The molecule has 0 aliphatic carbocycles. The van der Waals surface area contributed by atoms with Gasteiger partial charge in [-0.1, -0.05) is 42.5 Å². The first-order chi connectivity index (χ1) is 11.2. The highest BCUT2D eigenvalue weighted by Crippen LogP contribution is 2.26. The number of anilines is 2. The van der Waals surface area contributed by atoms with E-state index in [4.69, 9.17) is 10.1 Å². The molecule has 0 saturated carbocycles. The number of rotatable bonds is 3. The van der Waals surface area contributed by atoms with Crippen molar-refractivity contribution in [2.75, 3.05) is 17.7 Å². The molecular weight excluding hydrogens is 322 g/mol. The molecule has 3 rings (SSSR count). The lowest BCUT2D eigenvalue weighted by atomic mass is 10.1. The minimum Gasteiger partial charge on any atom is -0.495 e. The Hall–Kier alpha value is -2.72. The molecular formula is C19H20ClN3O. The standard InChI is InChI=1S/C19H19N3O.ClH/c1-13-10-11-18(23-2)17(12-13)22-19(20)21-16-9-5-7-14-6-3-4-8-15(14)16;/h3-12H,1-2H3,(H3,20,21,22);1H. The van der Waals surface area contributed by atoms with Crippen LogP contribution in [-0.4, -0.2) is 13.1 Å². The van der Waals surface area contributed by atoms with Crippen molar-refractivity contribution in [2.24, 2.45) is 0 Å². The summed E-state index contributed by atoms with van der Waals surface area (Å²) in [7, 11) is 1.62. The lowest BCUT2D eigenvalue weighted by molar-refractivity contribution is 0.417. The molecule has 0 radical (unpaired) electrons. The maximum absolute atomic E-state index is 8.20. The maximum atomic E-state index is 8.20. The molecule has 3 aromatic carbocycles. The minimum atomic E-state index is 0. The molecule has 0 unspecified atom stereocenters. The minimum absolute atomic E-state index is 0. The lowest BCUT2D eigenvalue weighted by Gasteiger charge is -2.15. The van der Waals surface area contributed by atoms with Gasteiger partial charge >= 0.3 is 0 Å². The van der Waals surface area contributed by atoms with E-state index in [1.54, 1.807) is 7.11 Å². The van der Waals surface area contributed by atoms with Crippen LogP contribution in [0.15, 0.2) is 60.7 Å². The molecule has 3 aromatic rings. The number of hydrogen-bond donors (Lipinski definition) is 3. The first kappa shape index (κ1) is 17.6. The molecule has 3 N–H and O–H groups in total. The van der Waals surface area contributed by atoms with E-state index in [-0.39, 0.29) is 18.4 Å². The number of aryl methyl sites for hydroxylation is 1. The van der Waals surface area contributed by atoms with Gasteiger partial charge in [0.2, 0.25) is 0 Å². The Labute approximate surface area is 147 Å². The third-order valence-electron chi connectivity index (χ3n) is 3.66. The van der Waals surface area contributed by atoms with Gasteiger partial charge in [-0.3, -0.25) is 5.41 Å². The predicted octanol–water partition coefficient (Wildman–Crippen LogP) is 5.04. The summed E-state index contributed by atoms with van der Waals surface area (Å²) in [6.07, 6.45) is 0. The van der Waals surface area contributed by atoms with Gasteiger partial charge in [-0.15, -0.1) is 12.4 Å². The van der Waals surface area contributed by atoms with E-state index in [0.29, 0.717) is 5.75 Å². The largest absolute Gasteiger partial charge is 0.495 e. The number of ether oxygens (including phenoxy) is 1. The van der Waals surface area contributed by atoms with Crippen LogP contribution in [0.5, 0.6) is 5.75 Å². The number of halogens is 1. The van der Waals surface area contributed by atoms with Crippen LogP contribution in [0, 0.1) is 12.3 Å². The highest BCUT2D eigenvalue weighted by atomic mass is 35.5. The molecule has 5 heteroatoms. The second-order valence-corrected chi connectivity index (χ2v) is 5.36. The summed E-state index contributed by atoms with van der Waals surface area (Å²) in [5.74, 6) is 0.908. The molecule has 0 atom stereocenters. The van der Waals surface area contributed by atoms with Gasteiger partial charge in [0.15, 0.2) is 5.96 Å². The van der Waals surface area contributed by atoms with Crippen LogP contribution in [0.3, 0.4) is 0 Å². The van der Waals surface area contributed by atoms with Gasteiger partial charge in [-0.25, -0.2) is 0 Å². The summed E-state index contributed by atoms with van der Waals surface area (Å²) in [5.41, 5.74) is 2.77. The van der Waals surface area contributed by atoms with Crippen molar-refractivity contribution in [3.63, 3.8) is 0 Å². The van der Waals surface area contributed by atoms with Crippen molar-refractivity contribution in [3.8, 4) is 5.75 Å². The van der Waals surface area contributed by atoms with Gasteiger partial charge in [0.1, 0.15) is 5.75 Å². The van der Waals surface area contributed by atoms with Gasteiger partial charge in [0.25, 0.3) is 0 Å². The summed E-state index contributed by atoms with van der Waals surface area (Å²) in [4.78, 5) is 0. The summed E-state index contributed by atoms with van der Waals surface area (Å²) < 4.78 is 5.33. The highest BCUT2D eigenvalue weighted by Gasteiger charge is 2.07. The average Bonchev–Trinajstić information content (AvgIpc) is 2.55. The van der Waals surface area contributed by atoms with Crippen LogP contribution < -0.4 is 15.4 Å². The molecule has 124 valence electrons. The third kappa shape index (κ3) is 3.78. The number of guanidine groups is 1. The highest BCUT2D eigenvalue weighted by molar-refractivity contribution is 6.07. The van der Waals surface area contributed by atoms with Crippen LogP contribution in [0.1, 0.15) is 5.56 Å². The van der Waals surface area contributed by atoms with E-state index >= 15 is 0 Å². The van der Waals surface area contributed by atoms with Crippen molar-refractivity contribution in [1.82, 2.24) is 0 Å². The molecule has 0 aromatic heterocycles. The monoisotopic (exact) mass is 341 g/mol. The molecule has 0 amide bonds. The van der Waals surface area contributed by atoms with E-state index in [1.807, 2.05) is 55.5 Å². The molecule has 0 bridgehead atoms. The van der Waals surface area contributed by atoms with Gasteiger partial charge in [0, 0.05) is 11.1 Å². The summed E-state index contributed by atoms with van der Waals surface area (Å²) in [6, 6.07) is 19.9. The van der Waals surface area contributed by atoms with Crippen molar-refractivity contribution in [2.45, 2.75) is 6.92 Å². The zero-order chi connectivity index (χ0) is 16.2. The fraction of sp³-hybridized carbons (Fsp3) is 0.105. The Kier molecular flexibility index (Phi) is 5.66. The predicted molar refractivity (Wildman–Crippen MR) is 104 cm³/mol. The first-order valence-electron chi connectivity index (χ1n) is 7.42. The van der Waals surface area contributed by atoms with E-state index in [1.165, 1.54) is 0 Å². The number of methoxy groups -OCH3 is 1. The summed E-state index contributed by atoms with van der Waals surface area (Å²) >= 11 is 0. The Morgan fingerprint density at radius 3 is 2.42 bits per heavy atom. The topological polar surface area (TPSA) is 57.1 Å². The van der Waals surface area contributed by atoms with Crippen molar-refractivity contribution in [1.29, 1.82) is 5.41 Å². The van der Waals surface area contributed by atoms with E-state index in [0.717, 1.165) is 27.7 Å².